The van der Waals surface area contributed by atoms with E-state index < -0.39 is 0 Å². The predicted octanol–water partition coefficient (Wildman–Crippen LogP) is 3.33. The van der Waals surface area contributed by atoms with Gasteiger partial charge >= 0.3 is 6.03 Å². The summed E-state index contributed by atoms with van der Waals surface area (Å²) in [7, 11) is 0. The average molecular weight is 443 g/mol. The Bertz CT molecular complexity index is 929. The number of rotatable bonds is 6. The summed E-state index contributed by atoms with van der Waals surface area (Å²) >= 11 is 6.09. The molecule has 0 aliphatic carbocycles. The Labute approximate surface area is 187 Å². The fourth-order valence-corrected chi connectivity index (χ4v) is 4.19. The number of amides is 3. The Morgan fingerprint density at radius 1 is 0.968 bits per heavy atom. The van der Waals surface area contributed by atoms with Crippen molar-refractivity contribution in [2.24, 2.45) is 0 Å². The lowest BCUT2D eigenvalue weighted by Gasteiger charge is -2.36. The highest BCUT2D eigenvalue weighted by Gasteiger charge is 2.32. The first kappa shape index (κ1) is 21.3. The van der Waals surface area contributed by atoms with Crippen molar-refractivity contribution in [2.45, 2.75) is 6.92 Å². The molecule has 0 unspecified atom stereocenters. The van der Waals surface area contributed by atoms with E-state index in [1.54, 1.807) is 9.80 Å². The van der Waals surface area contributed by atoms with E-state index in [0.717, 1.165) is 30.2 Å². The van der Waals surface area contributed by atoms with Gasteiger partial charge in [-0.3, -0.25) is 9.69 Å². The smallest absolute Gasteiger partial charge is 0.325 e. The molecule has 0 atom stereocenters. The highest BCUT2D eigenvalue weighted by molar-refractivity contribution is 6.30. The number of carbonyl (C=O) groups excluding carboxylic acids is 2. The SMILES string of the molecule is CCOc1ccc(N2CCN(CC(=O)N3CCN(c4cccc(Cl)c4)CC3)C2=O)cc1. The molecule has 2 saturated heterocycles. The average Bonchev–Trinajstić information content (AvgIpc) is 3.14. The van der Waals surface area contributed by atoms with Crippen LogP contribution in [0.15, 0.2) is 48.5 Å². The van der Waals surface area contributed by atoms with Crippen LogP contribution in [0.5, 0.6) is 5.75 Å². The zero-order valence-electron chi connectivity index (χ0n) is 17.7. The number of piperazine rings is 1. The van der Waals surface area contributed by atoms with Gasteiger partial charge in [-0.1, -0.05) is 17.7 Å². The molecule has 2 aliphatic rings. The van der Waals surface area contributed by atoms with Crippen molar-refractivity contribution in [2.75, 3.05) is 62.2 Å². The minimum Gasteiger partial charge on any atom is -0.494 e. The zero-order chi connectivity index (χ0) is 21.8. The fourth-order valence-electron chi connectivity index (χ4n) is 4.01. The Kier molecular flexibility index (Phi) is 6.51. The Morgan fingerprint density at radius 3 is 2.39 bits per heavy atom. The Balaban J connectivity index is 1.29. The Hall–Kier alpha value is -2.93. The second-order valence-electron chi connectivity index (χ2n) is 7.63. The van der Waals surface area contributed by atoms with Crippen LogP contribution in [0.2, 0.25) is 5.02 Å². The molecule has 3 amide bonds. The van der Waals surface area contributed by atoms with E-state index in [0.29, 0.717) is 37.8 Å². The molecule has 2 heterocycles. The summed E-state index contributed by atoms with van der Waals surface area (Å²) in [5, 5.41) is 0.709. The van der Waals surface area contributed by atoms with Crippen LogP contribution in [-0.2, 0) is 4.79 Å². The molecule has 7 nitrogen and oxygen atoms in total. The van der Waals surface area contributed by atoms with Gasteiger partial charge in [-0.05, 0) is 49.4 Å². The number of anilines is 2. The molecule has 2 aromatic carbocycles. The lowest BCUT2D eigenvalue weighted by molar-refractivity contribution is -0.131. The number of halogens is 1. The van der Waals surface area contributed by atoms with E-state index in [-0.39, 0.29) is 18.5 Å². The highest BCUT2D eigenvalue weighted by Crippen LogP contribution is 2.24. The second-order valence-corrected chi connectivity index (χ2v) is 8.07. The lowest BCUT2D eigenvalue weighted by atomic mass is 10.2. The fraction of sp³-hybridized carbons (Fsp3) is 0.391. The van der Waals surface area contributed by atoms with Gasteiger partial charge in [-0.15, -0.1) is 0 Å². The van der Waals surface area contributed by atoms with E-state index in [2.05, 4.69) is 4.90 Å². The normalized spacial score (nSPS) is 16.8. The summed E-state index contributed by atoms with van der Waals surface area (Å²) < 4.78 is 5.46. The summed E-state index contributed by atoms with van der Waals surface area (Å²) in [6.07, 6.45) is 0. The summed E-state index contributed by atoms with van der Waals surface area (Å²) in [5.41, 5.74) is 1.89. The quantitative estimate of drug-likeness (QED) is 0.688. The van der Waals surface area contributed by atoms with E-state index in [1.807, 2.05) is 60.4 Å². The van der Waals surface area contributed by atoms with Crippen LogP contribution in [0, 0.1) is 0 Å². The number of urea groups is 1. The van der Waals surface area contributed by atoms with Gasteiger partial charge in [0.25, 0.3) is 0 Å². The van der Waals surface area contributed by atoms with Gasteiger partial charge in [0.2, 0.25) is 5.91 Å². The molecule has 2 fully saturated rings. The maximum Gasteiger partial charge on any atom is 0.325 e. The van der Waals surface area contributed by atoms with Crippen molar-refractivity contribution in [3.05, 3.63) is 53.6 Å². The zero-order valence-corrected chi connectivity index (χ0v) is 18.4. The second kappa shape index (κ2) is 9.47. The molecule has 0 aromatic heterocycles. The minimum absolute atomic E-state index is 0.00682. The number of nitrogens with zero attached hydrogens (tertiary/aromatic N) is 4. The van der Waals surface area contributed by atoms with Gasteiger partial charge in [-0.2, -0.15) is 0 Å². The molecule has 0 bridgehead atoms. The molecular formula is C23H27ClN4O3. The first-order valence-corrected chi connectivity index (χ1v) is 11.0. The first-order valence-electron chi connectivity index (χ1n) is 10.6. The topological polar surface area (TPSA) is 56.3 Å². The van der Waals surface area contributed by atoms with Crippen LogP contribution in [-0.4, -0.2) is 74.2 Å². The van der Waals surface area contributed by atoms with Crippen LogP contribution in [0.3, 0.4) is 0 Å². The third-order valence-corrected chi connectivity index (χ3v) is 5.92. The summed E-state index contributed by atoms with van der Waals surface area (Å²) in [4.78, 5) is 33.1. The standard InChI is InChI=1S/C23H27ClN4O3/c1-2-31-21-8-6-19(7-9-21)28-15-14-27(23(28)30)17-22(29)26-12-10-25(11-13-26)20-5-3-4-18(24)16-20/h3-9,16H,2,10-15,17H2,1H3. The van der Waals surface area contributed by atoms with E-state index >= 15 is 0 Å². The molecular weight excluding hydrogens is 416 g/mol. The summed E-state index contributed by atoms with van der Waals surface area (Å²) in [5.74, 6) is 0.773. The maximum absolute atomic E-state index is 12.8. The van der Waals surface area contributed by atoms with Crippen LogP contribution in [0.1, 0.15) is 6.92 Å². The predicted molar refractivity (Wildman–Crippen MR) is 122 cm³/mol. The van der Waals surface area contributed by atoms with E-state index in [1.165, 1.54) is 0 Å². The van der Waals surface area contributed by atoms with Crippen molar-refractivity contribution in [1.29, 1.82) is 0 Å². The number of hydrogen-bond acceptors (Lipinski definition) is 4. The largest absolute Gasteiger partial charge is 0.494 e. The third-order valence-electron chi connectivity index (χ3n) is 5.69. The number of benzene rings is 2. The number of ether oxygens (including phenoxy) is 1. The molecule has 164 valence electrons. The van der Waals surface area contributed by atoms with Crippen LogP contribution in [0.4, 0.5) is 16.2 Å². The van der Waals surface area contributed by atoms with Gasteiger partial charge in [0.1, 0.15) is 12.3 Å². The summed E-state index contributed by atoms with van der Waals surface area (Å²) in [6, 6.07) is 15.1. The van der Waals surface area contributed by atoms with E-state index in [4.69, 9.17) is 16.3 Å². The van der Waals surface area contributed by atoms with Crippen molar-refractivity contribution < 1.29 is 14.3 Å². The lowest BCUT2D eigenvalue weighted by Crippen LogP contribution is -2.51. The monoisotopic (exact) mass is 442 g/mol. The van der Waals surface area contributed by atoms with Crippen molar-refractivity contribution in [1.82, 2.24) is 9.80 Å². The van der Waals surface area contributed by atoms with E-state index in [9.17, 15) is 9.59 Å². The molecule has 0 saturated carbocycles. The highest BCUT2D eigenvalue weighted by atomic mass is 35.5. The molecule has 0 spiro atoms. The van der Waals surface area contributed by atoms with Gasteiger partial charge in [0, 0.05) is 55.7 Å². The maximum atomic E-state index is 12.8. The minimum atomic E-state index is -0.130. The van der Waals surface area contributed by atoms with Crippen LogP contribution in [0.25, 0.3) is 0 Å². The molecule has 31 heavy (non-hydrogen) atoms. The molecule has 4 rings (SSSR count). The Morgan fingerprint density at radius 2 is 1.71 bits per heavy atom. The summed E-state index contributed by atoms with van der Waals surface area (Å²) in [6.45, 7) is 6.53. The van der Waals surface area contributed by atoms with Crippen LogP contribution >= 0.6 is 11.6 Å². The van der Waals surface area contributed by atoms with Crippen molar-refractivity contribution in [3.8, 4) is 5.75 Å². The first-order chi connectivity index (χ1) is 15.0. The number of hydrogen-bond donors (Lipinski definition) is 0. The van der Waals surface area contributed by atoms with Crippen molar-refractivity contribution >= 4 is 34.9 Å². The van der Waals surface area contributed by atoms with Gasteiger partial charge in [-0.25, -0.2) is 4.79 Å². The molecule has 0 radical (unpaired) electrons. The molecule has 2 aliphatic heterocycles. The van der Waals surface area contributed by atoms with Gasteiger partial charge in [0.15, 0.2) is 0 Å². The number of carbonyl (C=O) groups is 2. The van der Waals surface area contributed by atoms with Crippen molar-refractivity contribution in [3.63, 3.8) is 0 Å². The van der Waals surface area contributed by atoms with Gasteiger partial charge < -0.3 is 19.4 Å². The molecule has 0 N–H and O–H groups in total. The van der Waals surface area contributed by atoms with Gasteiger partial charge in [0.05, 0.1) is 6.61 Å². The van der Waals surface area contributed by atoms with Crippen LogP contribution < -0.4 is 14.5 Å². The molecule has 2 aromatic rings. The third kappa shape index (κ3) is 4.88. The molecule has 8 heteroatoms.